The van der Waals surface area contributed by atoms with Crippen molar-refractivity contribution in [3.05, 3.63) is 12.2 Å². The minimum absolute atomic E-state index is 0.558. The van der Waals surface area contributed by atoms with Crippen molar-refractivity contribution in [2.75, 3.05) is 13.1 Å². The summed E-state index contributed by atoms with van der Waals surface area (Å²) in [6.45, 7) is 6.78. The minimum atomic E-state index is -1.26. The first-order valence-corrected chi connectivity index (χ1v) is 7.89. The monoisotopic (exact) mass is 301 g/mol. The predicted octanol–water partition coefficient (Wildman–Crippen LogP) is 3.45. The third kappa shape index (κ3) is 27.7. The van der Waals surface area contributed by atoms with Crippen LogP contribution in [0.25, 0.3) is 0 Å². The fourth-order valence-electron chi connectivity index (χ4n) is 1.70. The van der Waals surface area contributed by atoms with E-state index in [0.717, 1.165) is 6.54 Å². The summed E-state index contributed by atoms with van der Waals surface area (Å²) in [4.78, 5) is 19.1. The highest BCUT2D eigenvalue weighted by Crippen LogP contribution is 2.07. The lowest BCUT2D eigenvalue weighted by Gasteiger charge is -2.01. The van der Waals surface area contributed by atoms with Crippen molar-refractivity contribution in [1.82, 2.24) is 5.32 Å². The number of unbranched alkanes of at least 4 members (excludes halogenated alkanes) is 7. The van der Waals surface area contributed by atoms with Gasteiger partial charge in [0.25, 0.3) is 0 Å². The van der Waals surface area contributed by atoms with E-state index >= 15 is 0 Å². The number of aliphatic carboxylic acids is 2. The highest BCUT2D eigenvalue weighted by Gasteiger charge is 1.90. The molecule has 3 N–H and O–H groups in total. The molecule has 0 fully saturated rings. The maximum atomic E-state index is 9.55. The van der Waals surface area contributed by atoms with E-state index in [0.29, 0.717) is 12.2 Å². The quantitative estimate of drug-likeness (QED) is 0.379. The highest BCUT2D eigenvalue weighted by molar-refractivity contribution is 5.89. The van der Waals surface area contributed by atoms with Gasteiger partial charge in [-0.15, -0.1) is 0 Å². The smallest absolute Gasteiger partial charge is 0.328 e. The third-order valence-electron chi connectivity index (χ3n) is 2.83. The normalized spacial score (nSPS) is 10.2. The molecule has 0 bridgehead atoms. The van der Waals surface area contributed by atoms with E-state index in [9.17, 15) is 9.59 Å². The molecule has 0 saturated carbocycles. The van der Waals surface area contributed by atoms with Crippen molar-refractivity contribution >= 4 is 11.9 Å². The van der Waals surface area contributed by atoms with Crippen molar-refractivity contribution in [3.8, 4) is 0 Å². The van der Waals surface area contributed by atoms with E-state index in [2.05, 4.69) is 19.2 Å². The van der Waals surface area contributed by atoms with Crippen LogP contribution in [0, 0.1) is 0 Å². The van der Waals surface area contributed by atoms with Gasteiger partial charge in [0.2, 0.25) is 0 Å². The van der Waals surface area contributed by atoms with Gasteiger partial charge >= 0.3 is 11.9 Å². The van der Waals surface area contributed by atoms with Gasteiger partial charge in [-0.3, -0.25) is 0 Å². The Balaban J connectivity index is 0. The van der Waals surface area contributed by atoms with Crippen molar-refractivity contribution < 1.29 is 19.8 Å². The van der Waals surface area contributed by atoms with Gasteiger partial charge in [-0.1, -0.05) is 58.8 Å². The second-order valence-electron chi connectivity index (χ2n) is 4.84. The van der Waals surface area contributed by atoms with Gasteiger partial charge in [0.15, 0.2) is 0 Å². The largest absolute Gasteiger partial charge is 0.478 e. The first-order chi connectivity index (χ1) is 10.0. The third-order valence-corrected chi connectivity index (χ3v) is 2.83. The van der Waals surface area contributed by atoms with Crippen molar-refractivity contribution in [2.24, 2.45) is 0 Å². The molecule has 0 aromatic carbocycles. The molecule has 0 radical (unpaired) electrons. The molecule has 5 heteroatoms. The molecule has 0 atom stereocenters. The molecule has 124 valence electrons. The summed E-state index contributed by atoms with van der Waals surface area (Å²) in [5.74, 6) is -2.51. The van der Waals surface area contributed by atoms with Crippen LogP contribution in [0.15, 0.2) is 12.2 Å². The van der Waals surface area contributed by atoms with E-state index in [1.807, 2.05) is 0 Å². The van der Waals surface area contributed by atoms with E-state index in [1.165, 1.54) is 57.9 Å². The molecule has 0 aliphatic heterocycles. The molecule has 0 amide bonds. The van der Waals surface area contributed by atoms with Gasteiger partial charge in [-0.2, -0.15) is 0 Å². The molecule has 5 nitrogen and oxygen atoms in total. The predicted molar refractivity (Wildman–Crippen MR) is 85.6 cm³/mol. The van der Waals surface area contributed by atoms with E-state index in [4.69, 9.17) is 10.2 Å². The molecule has 0 aliphatic carbocycles. The van der Waals surface area contributed by atoms with Gasteiger partial charge in [0, 0.05) is 12.2 Å². The summed E-state index contributed by atoms with van der Waals surface area (Å²) in [5.41, 5.74) is 0. The van der Waals surface area contributed by atoms with Crippen LogP contribution >= 0.6 is 0 Å². The molecular weight excluding hydrogens is 270 g/mol. The molecule has 0 aliphatic rings. The Hall–Kier alpha value is -1.36. The highest BCUT2D eigenvalue weighted by atomic mass is 16.4. The standard InChI is InChI=1S/C12H27N.C4H4O4/c1-3-5-6-7-8-9-10-11-12-13-4-2;5-3(6)1-2-4(7)8/h13H,3-12H2,1-2H3;1-2H,(H,5,6)(H,7,8)/b;2-1+. The number of carboxylic acid groups (broad SMARTS) is 2. The van der Waals surface area contributed by atoms with Crippen molar-refractivity contribution in [2.45, 2.75) is 65.2 Å². The summed E-state index contributed by atoms with van der Waals surface area (Å²) in [6, 6.07) is 0. The van der Waals surface area contributed by atoms with Crippen LogP contribution < -0.4 is 5.32 Å². The Morgan fingerprint density at radius 1 is 0.810 bits per heavy atom. The van der Waals surface area contributed by atoms with Gasteiger partial charge < -0.3 is 15.5 Å². The van der Waals surface area contributed by atoms with Crippen LogP contribution in [-0.4, -0.2) is 35.2 Å². The van der Waals surface area contributed by atoms with Crippen LogP contribution in [-0.2, 0) is 9.59 Å². The lowest BCUT2D eigenvalue weighted by Crippen LogP contribution is -2.13. The minimum Gasteiger partial charge on any atom is -0.478 e. The molecule has 0 saturated heterocycles. The molecule has 0 rings (SSSR count). The van der Waals surface area contributed by atoms with Gasteiger partial charge in [-0.05, 0) is 19.5 Å². The first-order valence-electron chi connectivity index (χ1n) is 7.89. The average Bonchev–Trinajstić information content (AvgIpc) is 2.44. The van der Waals surface area contributed by atoms with Crippen molar-refractivity contribution in [1.29, 1.82) is 0 Å². The number of nitrogens with one attached hydrogen (secondary N) is 1. The van der Waals surface area contributed by atoms with Crippen LogP contribution in [0.1, 0.15) is 65.2 Å². The lowest BCUT2D eigenvalue weighted by molar-refractivity contribution is -0.134. The van der Waals surface area contributed by atoms with Gasteiger partial charge in [-0.25, -0.2) is 9.59 Å². The molecular formula is C16H31NO4. The van der Waals surface area contributed by atoms with Crippen molar-refractivity contribution in [3.63, 3.8) is 0 Å². The zero-order valence-electron chi connectivity index (χ0n) is 13.4. The van der Waals surface area contributed by atoms with Gasteiger partial charge in [0.05, 0.1) is 0 Å². The van der Waals surface area contributed by atoms with Gasteiger partial charge in [0.1, 0.15) is 0 Å². The number of carboxylic acids is 2. The average molecular weight is 301 g/mol. The van der Waals surface area contributed by atoms with Crippen LogP contribution in [0.3, 0.4) is 0 Å². The Bertz CT molecular complexity index is 251. The lowest BCUT2D eigenvalue weighted by atomic mass is 10.1. The molecule has 0 heterocycles. The zero-order chi connectivity index (χ0) is 16.3. The summed E-state index contributed by atoms with van der Waals surface area (Å²) in [5, 5.41) is 19.0. The first kappa shape index (κ1) is 21.9. The van der Waals surface area contributed by atoms with E-state index in [1.54, 1.807) is 0 Å². The van der Waals surface area contributed by atoms with Crippen LogP contribution in [0.2, 0.25) is 0 Å². The summed E-state index contributed by atoms with van der Waals surface area (Å²) in [7, 11) is 0. The SMILES string of the molecule is CCCCCCCCCCNCC.O=C(O)/C=C/C(=O)O. The topological polar surface area (TPSA) is 86.6 Å². The molecule has 21 heavy (non-hydrogen) atoms. The number of rotatable bonds is 12. The number of hydrogen-bond acceptors (Lipinski definition) is 3. The van der Waals surface area contributed by atoms with Crippen LogP contribution in [0.5, 0.6) is 0 Å². The summed E-state index contributed by atoms with van der Waals surface area (Å²) in [6.07, 6.45) is 12.5. The van der Waals surface area contributed by atoms with Crippen LogP contribution in [0.4, 0.5) is 0 Å². The second-order valence-corrected chi connectivity index (χ2v) is 4.84. The zero-order valence-corrected chi connectivity index (χ0v) is 13.4. The molecule has 0 unspecified atom stereocenters. The Morgan fingerprint density at radius 2 is 1.24 bits per heavy atom. The Kier molecular flexibility index (Phi) is 19.5. The fraction of sp³-hybridized carbons (Fsp3) is 0.750. The fourth-order valence-corrected chi connectivity index (χ4v) is 1.70. The summed E-state index contributed by atoms with van der Waals surface area (Å²) >= 11 is 0. The van der Waals surface area contributed by atoms with E-state index in [-0.39, 0.29) is 0 Å². The Morgan fingerprint density at radius 3 is 1.62 bits per heavy atom. The molecule has 0 aromatic heterocycles. The number of hydrogen-bond donors (Lipinski definition) is 3. The maximum absolute atomic E-state index is 9.55. The Labute approximate surface area is 128 Å². The second kappa shape index (κ2) is 18.6. The maximum Gasteiger partial charge on any atom is 0.328 e. The summed E-state index contributed by atoms with van der Waals surface area (Å²) < 4.78 is 0. The number of carbonyl (C=O) groups is 2. The molecule has 0 aromatic rings. The molecule has 0 spiro atoms. The van der Waals surface area contributed by atoms with E-state index < -0.39 is 11.9 Å².